The van der Waals surface area contributed by atoms with Crippen LogP contribution in [0, 0.1) is 6.92 Å². The third kappa shape index (κ3) is 4.62. The van der Waals surface area contributed by atoms with Gasteiger partial charge in [-0.2, -0.15) is 4.98 Å². The fourth-order valence-corrected chi connectivity index (χ4v) is 3.43. The molecule has 0 bridgehead atoms. The van der Waals surface area contributed by atoms with E-state index in [9.17, 15) is 0 Å². The van der Waals surface area contributed by atoms with Crippen molar-refractivity contribution in [1.82, 2.24) is 9.97 Å². The standard InChI is InChI=1S/C21H30N4O2/c1-5-6-7-9-22-20-11-15(2)23-21(24-20)25-10-8-16-12-18(26-3)19(27-4)13-17(16)14-25/h11-13H,5-10,14H2,1-4H3,(H,22,23,24). The minimum atomic E-state index is 0.765. The molecule has 0 radical (unpaired) electrons. The van der Waals surface area contributed by atoms with Gasteiger partial charge in [-0.1, -0.05) is 19.8 Å². The quantitative estimate of drug-likeness (QED) is 0.710. The fraction of sp³-hybridized carbons (Fsp3) is 0.524. The number of nitrogens with zero attached hydrogens (tertiary/aromatic N) is 3. The zero-order valence-electron chi connectivity index (χ0n) is 16.8. The number of unbranched alkanes of at least 4 members (excludes halogenated alkanes) is 2. The summed E-state index contributed by atoms with van der Waals surface area (Å²) in [5.41, 5.74) is 3.52. The molecule has 146 valence electrons. The lowest BCUT2D eigenvalue weighted by Crippen LogP contribution is -2.32. The molecule has 0 spiro atoms. The van der Waals surface area contributed by atoms with Crippen molar-refractivity contribution < 1.29 is 9.47 Å². The second-order valence-electron chi connectivity index (χ2n) is 6.98. The zero-order valence-corrected chi connectivity index (χ0v) is 16.8. The van der Waals surface area contributed by atoms with Gasteiger partial charge in [-0.25, -0.2) is 4.98 Å². The van der Waals surface area contributed by atoms with E-state index >= 15 is 0 Å². The number of ether oxygens (including phenoxy) is 2. The van der Waals surface area contributed by atoms with Gasteiger partial charge < -0.3 is 19.7 Å². The third-order valence-electron chi connectivity index (χ3n) is 4.93. The molecule has 1 aromatic carbocycles. The first-order chi connectivity index (χ1) is 13.1. The molecule has 1 N–H and O–H groups in total. The minimum absolute atomic E-state index is 0.765. The topological polar surface area (TPSA) is 59.5 Å². The van der Waals surface area contributed by atoms with Gasteiger partial charge in [0.15, 0.2) is 11.5 Å². The molecule has 0 amide bonds. The SMILES string of the molecule is CCCCCNc1cc(C)nc(N2CCc3cc(OC)c(OC)cc3C2)n1. The Morgan fingerprint density at radius 1 is 1.04 bits per heavy atom. The number of hydrogen-bond acceptors (Lipinski definition) is 6. The van der Waals surface area contributed by atoms with Crippen molar-refractivity contribution >= 4 is 11.8 Å². The first-order valence-electron chi connectivity index (χ1n) is 9.73. The van der Waals surface area contributed by atoms with Crippen LogP contribution in [0.4, 0.5) is 11.8 Å². The van der Waals surface area contributed by atoms with E-state index in [-0.39, 0.29) is 0 Å². The molecule has 0 fully saturated rings. The molecule has 0 aliphatic carbocycles. The van der Waals surface area contributed by atoms with E-state index in [1.54, 1.807) is 14.2 Å². The largest absolute Gasteiger partial charge is 0.493 e. The Kier molecular flexibility index (Phi) is 6.37. The highest BCUT2D eigenvalue weighted by atomic mass is 16.5. The number of aromatic nitrogens is 2. The van der Waals surface area contributed by atoms with E-state index in [1.165, 1.54) is 24.0 Å². The van der Waals surface area contributed by atoms with Crippen molar-refractivity contribution in [2.24, 2.45) is 0 Å². The van der Waals surface area contributed by atoms with E-state index in [0.717, 1.165) is 61.4 Å². The molecule has 2 heterocycles. The molecule has 6 heteroatoms. The monoisotopic (exact) mass is 370 g/mol. The van der Waals surface area contributed by atoms with Crippen LogP contribution < -0.4 is 19.7 Å². The minimum Gasteiger partial charge on any atom is -0.493 e. The molecule has 1 aliphatic rings. The Bertz CT molecular complexity index is 779. The van der Waals surface area contributed by atoms with Crippen LogP contribution in [-0.4, -0.2) is 37.3 Å². The van der Waals surface area contributed by atoms with Gasteiger partial charge in [0.05, 0.1) is 14.2 Å². The number of benzene rings is 1. The Morgan fingerprint density at radius 3 is 2.48 bits per heavy atom. The van der Waals surface area contributed by atoms with Gasteiger partial charge in [0.2, 0.25) is 5.95 Å². The second kappa shape index (κ2) is 8.93. The summed E-state index contributed by atoms with van der Waals surface area (Å²) < 4.78 is 10.9. The van der Waals surface area contributed by atoms with Crippen molar-refractivity contribution in [2.45, 2.75) is 46.1 Å². The Labute approximate surface area is 161 Å². The summed E-state index contributed by atoms with van der Waals surface area (Å²) >= 11 is 0. The van der Waals surface area contributed by atoms with Crippen LogP contribution in [0.5, 0.6) is 11.5 Å². The van der Waals surface area contributed by atoms with Crippen molar-refractivity contribution in [3.05, 3.63) is 35.0 Å². The number of fused-ring (bicyclic) bond motifs is 1. The Hall–Kier alpha value is -2.50. The highest BCUT2D eigenvalue weighted by Crippen LogP contribution is 2.34. The first-order valence-corrected chi connectivity index (χ1v) is 9.73. The third-order valence-corrected chi connectivity index (χ3v) is 4.93. The van der Waals surface area contributed by atoms with Crippen molar-refractivity contribution in [3.8, 4) is 11.5 Å². The Balaban J connectivity index is 1.77. The van der Waals surface area contributed by atoms with Crippen LogP contribution in [0.3, 0.4) is 0 Å². The highest BCUT2D eigenvalue weighted by molar-refractivity contribution is 5.52. The lowest BCUT2D eigenvalue weighted by molar-refractivity contribution is 0.353. The molecule has 1 aromatic heterocycles. The van der Waals surface area contributed by atoms with E-state index in [1.807, 2.05) is 13.0 Å². The molecule has 0 saturated carbocycles. The molecule has 3 rings (SSSR count). The molecule has 1 aliphatic heterocycles. The maximum atomic E-state index is 5.46. The highest BCUT2D eigenvalue weighted by Gasteiger charge is 2.21. The predicted molar refractivity (Wildman–Crippen MR) is 109 cm³/mol. The lowest BCUT2D eigenvalue weighted by atomic mass is 9.99. The number of hydrogen-bond donors (Lipinski definition) is 1. The van der Waals surface area contributed by atoms with Gasteiger partial charge in [0.25, 0.3) is 0 Å². The molecule has 6 nitrogen and oxygen atoms in total. The summed E-state index contributed by atoms with van der Waals surface area (Å²) in [4.78, 5) is 11.7. The van der Waals surface area contributed by atoms with Gasteiger partial charge in [0, 0.05) is 31.4 Å². The summed E-state index contributed by atoms with van der Waals surface area (Å²) in [6, 6.07) is 6.17. The maximum Gasteiger partial charge on any atom is 0.227 e. The van der Waals surface area contributed by atoms with Crippen LogP contribution >= 0.6 is 0 Å². The number of rotatable bonds is 8. The van der Waals surface area contributed by atoms with Gasteiger partial charge in [0.1, 0.15) is 5.82 Å². The summed E-state index contributed by atoms with van der Waals surface area (Å²) in [5, 5.41) is 3.44. The van der Waals surface area contributed by atoms with E-state index < -0.39 is 0 Å². The molecular formula is C21H30N4O2. The molecule has 0 saturated heterocycles. The molecule has 2 aromatic rings. The smallest absolute Gasteiger partial charge is 0.227 e. The van der Waals surface area contributed by atoms with Gasteiger partial charge in [-0.05, 0) is 43.0 Å². The van der Waals surface area contributed by atoms with E-state index in [2.05, 4.69) is 34.3 Å². The van der Waals surface area contributed by atoms with Crippen LogP contribution in [0.15, 0.2) is 18.2 Å². The number of methoxy groups -OCH3 is 2. The van der Waals surface area contributed by atoms with Crippen molar-refractivity contribution in [2.75, 3.05) is 37.5 Å². The second-order valence-corrected chi connectivity index (χ2v) is 6.98. The summed E-state index contributed by atoms with van der Waals surface area (Å²) in [5.74, 6) is 3.25. The maximum absolute atomic E-state index is 5.46. The molecular weight excluding hydrogens is 340 g/mol. The van der Waals surface area contributed by atoms with E-state index in [0.29, 0.717) is 0 Å². The molecule has 0 atom stereocenters. The zero-order chi connectivity index (χ0) is 19.2. The first kappa shape index (κ1) is 19.3. The fourth-order valence-electron chi connectivity index (χ4n) is 3.43. The van der Waals surface area contributed by atoms with Crippen LogP contribution in [0.1, 0.15) is 43.0 Å². The number of aryl methyl sites for hydroxylation is 1. The number of nitrogens with one attached hydrogen (secondary N) is 1. The molecule has 27 heavy (non-hydrogen) atoms. The summed E-state index contributed by atoms with van der Waals surface area (Å²) in [6.07, 6.45) is 4.55. The van der Waals surface area contributed by atoms with Gasteiger partial charge >= 0.3 is 0 Å². The Morgan fingerprint density at radius 2 is 1.78 bits per heavy atom. The van der Waals surface area contributed by atoms with Crippen molar-refractivity contribution in [1.29, 1.82) is 0 Å². The van der Waals surface area contributed by atoms with Crippen LogP contribution in [-0.2, 0) is 13.0 Å². The normalized spacial score (nSPS) is 13.3. The lowest BCUT2D eigenvalue weighted by Gasteiger charge is -2.30. The summed E-state index contributed by atoms with van der Waals surface area (Å²) in [6.45, 7) is 6.85. The average Bonchev–Trinajstić information content (AvgIpc) is 2.69. The van der Waals surface area contributed by atoms with Crippen LogP contribution in [0.2, 0.25) is 0 Å². The van der Waals surface area contributed by atoms with Crippen molar-refractivity contribution in [3.63, 3.8) is 0 Å². The predicted octanol–water partition coefficient (Wildman–Crippen LogP) is 3.97. The van der Waals surface area contributed by atoms with Gasteiger partial charge in [-0.3, -0.25) is 0 Å². The van der Waals surface area contributed by atoms with Crippen LogP contribution in [0.25, 0.3) is 0 Å². The van der Waals surface area contributed by atoms with E-state index in [4.69, 9.17) is 14.5 Å². The van der Waals surface area contributed by atoms with Gasteiger partial charge in [-0.15, -0.1) is 0 Å². The molecule has 0 unspecified atom stereocenters. The number of anilines is 2. The average molecular weight is 370 g/mol. The summed E-state index contributed by atoms with van der Waals surface area (Å²) in [7, 11) is 3.35.